The van der Waals surface area contributed by atoms with Crippen molar-refractivity contribution in [3.8, 4) is 0 Å². The Morgan fingerprint density at radius 1 is 1.13 bits per heavy atom. The highest BCUT2D eigenvalue weighted by molar-refractivity contribution is 5.51. The highest BCUT2D eigenvalue weighted by Crippen LogP contribution is 2.22. The van der Waals surface area contributed by atoms with E-state index in [1.165, 1.54) is 0 Å². The Hall–Kier alpha value is -1.09. The van der Waals surface area contributed by atoms with Crippen molar-refractivity contribution in [2.75, 3.05) is 31.1 Å². The van der Waals surface area contributed by atoms with Crippen LogP contribution in [0.1, 0.15) is 11.1 Å². The third-order valence-corrected chi connectivity index (χ3v) is 2.90. The number of piperazine rings is 1. The third kappa shape index (κ3) is 2.12. The fourth-order valence-electron chi connectivity index (χ4n) is 2.03. The molecule has 1 N–H and O–H groups in total. The summed E-state index contributed by atoms with van der Waals surface area (Å²) in [6.45, 7) is 7.68. The van der Waals surface area contributed by atoms with Crippen LogP contribution in [0.3, 0.4) is 0 Å². The van der Waals surface area contributed by atoms with Crippen LogP contribution in [0.2, 0.25) is 0 Å². The van der Waals surface area contributed by atoms with E-state index >= 15 is 0 Å². The van der Waals surface area contributed by atoms with Crippen molar-refractivity contribution in [1.82, 2.24) is 5.32 Å². The number of nitrogens with one attached hydrogen (secondary N) is 1. The SMILES string of the molecule is Cc1cc(N2CCNCC2)cc(C)c1F. The van der Waals surface area contributed by atoms with Crippen LogP contribution in [0.5, 0.6) is 0 Å². The first-order valence-corrected chi connectivity index (χ1v) is 5.41. The molecule has 0 amide bonds. The van der Waals surface area contributed by atoms with Crippen molar-refractivity contribution in [2.45, 2.75) is 13.8 Å². The van der Waals surface area contributed by atoms with Gasteiger partial charge in [-0.1, -0.05) is 0 Å². The molecule has 2 nitrogen and oxygen atoms in total. The Balaban J connectivity index is 2.27. The lowest BCUT2D eigenvalue weighted by Gasteiger charge is -2.30. The number of anilines is 1. The van der Waals surface area contributed by atoms with Crippen LogP contribution in [0, 0.1) is 19.7 Å². The highest BCUT2D eigenvalue weighted by atomic mass is 19.1. The first-order valence-electron chi connectivity index (χ1n) is 5.41. The summed E-state index contributed by atoms with van der Waals surface area (Å²) in [5, 5.41) is 3.31. The van der Waals surface area contributed by atoms with Crippen LogP contribution >= 0.6 is 0 Å². The smallest absolute Gasteiger partial charge is 0.129 e. The first kappa shape index (κ1) is 10.4. The van der Waals surface area contributed by atoms with Gasteiger partial charge in [0.15, 0.2) is 0 Å². The van der Waals surface area contributed by atoms with E-state index in [0.29, 0.717) is 0 Å². The third-order valence-electron chi connectivity index (χ3n) is 2.90. The van der Waals surface area contributed by atoms with Crippen LogP contribution in [0.15, 0.2) is 12.1 Å². The minimum atomic E-state index is -0.0751. The predicted octanol–water partition coefficient (Wildman–Crippen LogP) is 1.85. The number of hydrogen-bond acceptors (Lipinski definition) is 2. The number of rotatable bonds is 1. The summed E-state index contributed by atoms with van der Waals surface area (Å²) in [5.41, 5.74) is 2.62. The normalized spacial score (nSPS) is 16.9. The number of benzene rings is 1. The molecule has 1 aliphatic rings. The van der Waals surface area contributed by atoms with Gasteiger partial charge in [-0.25, -0.2) is 4.39 Å². The second-order valence-electron chi connectivity index (χ2n) is 4.13. The van der Waals surface area contributed by atoms with Gasteiger partial charge in [0.25, 0.3) is 0 Å². The van der Waals surface area contributed by atoms with E-state index in [4.69, 9.17) is 0 Å². The maximum Gasteiger partial charge on any atom is 0.129 e. The van der Waals surface area contributed by atoms with Crippen molar-refractivity contribution in [3.05, 3.63) is 29.1 Å². The molecule has 1 aromatic carbocycles. The summed E-state index contributed by atoms with van der Waals surface area (Å²) in [7, 11) is 0. The van der Waals surface area contributed by atoms with E-state index in [-0.39, 0.29) is 5.82 Å². The molecule has 0 unspecified atom stereocenters. The summed E-state index contributed by atoms with van der Waals surface area (Å²) in [5.74, 6) is -0.0751. The van der Waals surface area contributed by atoms with E-state index in [2.05, 4.69) is 10.2 Å². The molecule has 82 valence electrons. The molecule has 1 aromatic rings. The molecule has 0 saturated carbocycles. The van der Waals surface area contributed by atoms with E-state index in [9.17, 15) is 4.39 Å². The van der Waals surface area contributed by atoms with Gasteiger partial charge in [-0.2, -0.15) is 0 Å². The summed E-state index contributed by atoms with van der Waals surface area (Å²) in [6.07, 6.45) is 0. The van der Waals surface area contributed by atoms with Crippen LogP contribution in [0.4, 0.5) is 10.1 Å². The first-order chi connectivity index (χ1) is 7.18. The van der Waals surface area contributed by atoms with Crippen molar-refractivity contribution in [3.63, 3.8) is 0 Å². The Morgan fingerprint density at radius 2 is 1.67 bits per heavy atom. The van der Waals surface area contributed by atoms with E-state index in [1.54, 1.807) is 0 Å². The molecule has 1 heterocycles. The zero-order valence-electron chi connectivity index (χ0n) is 9.31. The van der Waals surface area contributed by atoms with Gasteiger partial charge < -0.3 is 10.2 Å². The van der Waals surface area contributed by atoms with Gasteiger partial charge >= 0.3 is 0 Å². The molecule has 0 aliphatic carbocycles. The molecular weight excluding hydrogens is 191 g/mol. The second kappa shape index (κ2) is 4.19. The Kier molecular flexibility index (Phi) is 2.91. The minimum Gasteiger partial charge on any atom is -0.369 e. The molecule has 2 rings (SSSR count). The molecule has 0 bridgehead atoms. The molecule has 0 atom stereocenters. The second-order valence-corrected chi connectivity index (χ2v) is 4.13. The minimum absolute atomic E-state index is 0.0751. The molecular formula is C12H17FN2. The van der Waals surface area contributed by atoms with Crippen LogP contribution in [0.25, 0.3) is 0 Å². The van der Waals surface area contributed by atoms with Crippen molar-refractivity contribution in [2.24, 2.45) is 0 Å². The average Bonchev–Trinajstić information content (AvgIpc) is 2.26. The van der Waals surface area contributed by atoms with Gasteiger partial charge in [-0.05, 0) is 37.1 Å². The van der Waals surface area contributed by atoms with Crippen molar-refractivity contribution >= 4 is 5.69 Å². The molecule has 1 saturated heterocycles. The Bertz CT molecular complexity index is 334. The molecule has 1 aliphatic heterocycles. The lowest BCUT2D eigenvalue weighted by Crippen LogP contribution is -2.43. The van der Waals surface area contributed by atoms with Gasteiger partial charge in [0.1, 0.15) is 5.82 Å². The summed E-state index contributed by atoms with van der Waals surface area (Å²) in [6, 6.07) is 3.88. The molecule has 15 heavy (non-hydrogen) atoms. The van der Waals surface area contributed by atoms with Gasteiger partial charge in [-0.3, -0.25) is 0 Å². The van der Waals surface area contributed by atoms with Crippen LogP contribution in [-0.4, -0.2) is 26.2 Å². The van der Waals surface area contributed by atoms with Crippen molar-refractivity contribution in [1.29, 1.82) is 0 Å². The topological polar surface area (TPSA) is 15.3 Å². The average molecular weight is 208 g/mol. The van der Waals surface area contributed by atoms with Gasteiger partial charge in [0, 0.05) is 31.9 Å². The monoisotopic (exact) mass is 208 g/mol. The molecule has 3 heteroatoms. The zero-order valence-corrected chi connectivity index (χ0v) is 9.31. The molecule has 0 radical (unpaired) electrons. The van der Waals surface area contributed by atoms with Gasteiger partial charge in [-0.15, -0.1) is 0 Å². The van der Waals surface area contributed by atoms with E-state index < -0.39 is 0 Å². The zero-order chi connectivity index (χ0) is 10.8. The van der Waals surface area contributed by atoms with E-state index in [0.717, 1.165) is 43.0 Å². The predicted molar refractivity (Wildman–Crippen MR) is 61.0 cm³/mol. The van der Waals surface area contributed by atoms with Crippen LogP contribution in [-0.2, 0) is 0 Å². The summed E-state index contributed by atoms with van der Waals surface area (Å²) in [4.78, 5) is 2.30. The van der Waals surface area contributed by atoms with E-state index in [1.807, 2.05) is 26.0 Å². The Labute approximate surface area is 90.1 Å². The molecule has 0 spiro atoms. The number of nitrogens with zero attached hydrogens (tertiary/aromatic N) is 1. The molecule has 0 aromatic heterocycles. The quantitative estimate of drug-likeness (QED) is 0.757. The number of hydrogen-bond donors (Lipinski definition) is 1. The number of halogens is 1. The van der Waals surface area contributed by atoms with Crippen molar-refractivity contribution < 1.29 is 4.39 Å². The lowest BCUT2D eigenvalue weighted by molar-refractivity contribution is 0.585. The lowest BCUT2D eigenvalue weighted by atomic mass is 10.1. The number of aryl methyl sites for hydroxylation is 2. The fraction of sp³-hybridized carbons (Fsp3) is 0.500. The fourth-order valence-corrected chi connectivity index (χ4v) is 2.03. The maximum absolute atomic E-state index is 13.4. The molecule has 1 fully saturated rings. The standard InChI is InChI=1S/C12H17FN2/c1-9-7-11(8-10(2)12(9)13)15-5-3-14-4-6-15/h7-8,14H,3-6H2,1-2H3. The summed E-state index contributed by atoms with van der Waals surface area (Å²) < 4.78 is 13.4. The summed E-state index contributed by atoms with van der Waals surface area (Å²) >= 11 is 0. The largest absolute Gasteiger partial charge is 0.369 e. The maximum atomic E-state index is 13.4. The highest BCUT2D eigenvalue weighted by Gasteiger charge is 2.12. The van der Waals surface area contributed by atoms with Crippen LogP contribution < -0.4 is 10.2 Å². The van der Waals surface area contributed by atoms with Gasteiger partial charge in [0.05, 0.1) is 0 Å². The Morgan fingerprint density at radius 3 is 2.20 bits per heavy atom. The van der Waals surface area contributed by atoms with Gasteiger partial charge in [0.2, 0.25) is 0 Å².